The van der Waals surface area contributed by atoms with E-state index in [2.05, 4.69) is 15.2 Å². The highest BCUT2D eigenvalue weighted by atomic mass is 16.5. The van der Waals surface area contributed by atoms with Gasteiger partial charge < -0.3 is 24.3 Å². The first-order chi connectivity index (χ1) is 16.9. The number of rotatable bonds is 6. The number of hydrogen-bond donors (Lipinski definition) is 2. The summed E-state index contributed by atoms with van der Waals surface area (Å²) in [5, 5.41) is 3.67. The van der Waals surface area contributed by atoms with Crippen molar-refractivity contribution in [3.63, 3.8) is 0 Å². The van der Waals surface area contributed by atoms with Gasteiger partial charge in [0, 0.05) is 48.2 Å². The maximum absolute atomic E-state index is 13.5. The average molecular weight is 479 g/mol. The molecule has 35 heavy (non-hydrogen) atoms. The molecule has 9 nitrogen and oxygen atoms in total. The highest BCUT2D eigenvalue weighted by molar-refractivity contribution is 6.12. The van der Waals surface area contributed by atoms with Gasteiger partial charge in [-0.2, -0.15) is 0 Å². The summed E-state index contributed by atoms with van der Waals surface area (Å²) in [6, 6.07) is 10.4. The number of carbonyl (C=O) groups is 2. The number of methoxy groups -OCH3 is 1. The standard InChI is InChI=1S/C26H30N4O5/c1-4-35-26(33)24-23(19-11-18(34-3)8-9-20(19)27-24)28-25(32)15(2)29-12-16-10-17(14-29)21-6-5-7-22(31)30(21)13-16/h5-9,11,15-17,27H,4,10,12-14H2,1-3H3,(H,28,32)/t15-,16-,17+/m0/s1. The molecule has 2 bridgehead atoms. The second kappa shape index (κ2) is 9.22. The molecule has 0 unspecified atom stereocenters. The number of likely N-dealkylation sites (tertiary alicyclic amines) is 1. The van der Waals surface area contributed by atoms with Gasteiger partial charge in [0.05, 0.1) is 25.4 Å². The zero-order chi connectivity index (χ0) is 24.7. The molecule has 1 aromatic carbocycles. The van der Waals surface area contributed by atoms with E-state index in [1.54, 1.807) is 38.3 Å². The Hall–Kier alpha value is -3.59. The van der Waals surface area contributed by atoms with Crippen LogP contribution >= 0.6 is 0 Å². The summed E-state index contributed by atoms with van der Waals surface area (Å²) in [6.07, 6.45) is 1.02. The van der Waals surface area contributed by atoms with Crippen molar-refractivity contribution >= 4 is 28.5 Å². The number of carbonyl (C=O) groups excluding carboxylic acids is 2. The van der Waals surface area contributed by atoms with Crippen LogP contribution in [0.15, 0.2) is 41.2 Å². The molecule has 1 amide bonds. The number of anilines is 1. The Morgan fingerprint density at radius 2 is 2.03 bits per heavy atom. The predicted octanol–water partition coefficient (Wildman–Crippen LogP) is 2.96. The molecule has 0 saturated carbocycles. The van der Waals surface area contributed by atoms with Crippen LogP contribution in [0.25, 0.3) is 10.9 Å². The minimum atomic E-state index is -0.528. The second-order valence-corrected chi connectivity index (χ2v) is 9.32. The largest absolute Gasteiger partial charge is 0.497 e. The Morgan fingerprint density at radius 1 is 1.20 bits per heavy atom. The van der Waals surface area contributed by atoms with Crippen LogP contribution in [0.5, 0.6) is 5.75 Å². The first-order valence-corrected chi connectivity index (χ1v) is 12.0. The van der Waals surface area contributed by atoms with Crippen LogP contribution in [0.2, 0.25) is 0 Å². The summed E-state index contributed by atoms with van der Waals surface area (Å²) in [5.74, 6) is 0.404. The van der Waals surface area contributed by atoms with E-state index < -0.39 is 12.0 Å². The lowest BCUT2D eigenvalue weighted by Crippen LogP contribution is -2.52. The number of pyridine rings is 1. The van der Waals surface area contributed by atoms with Gasteiger partial charge >= 0.3 is 5.97 Å². The summed E-state index contributed by atoms with van der Waals surface area (Å²) < 4.78 is 12.4. The number of nitrogens with zero attached hydrogens (tertiary/aromatic N) is 2. The summed E-state index contributed by atoms with van der Waals surface area (Å²) in [5.41, 5.74) is 2.38. The molecule has 2 aliphatic heterocycles. The van der Waals surface area contributed by atoms with Crippen LogP contribution in [0.3, 0.4) is 0 Å². The Morgan fingerprint density at radius 3 is 2.80 bits per heavy atom. The first kappa shape index (κ1) is 23.2. The van der Waals surface area contributed by atoms with E-state index in [1.165, 1.54) is 0 Å². The maximum Gasteiger partial charge on any atom is 0.356 e. The van der Waals surface area contributed by atoms with E-state index in [-0.39, 0.29) is 29.7 Å². The van der Waals surface area contributed by atoms with Crippen molar-refractivity contribution in [2.75, 3.05) is 32.1 Å². The van der Waals surface area contributed by atoms with E-state index in [4.69, 9.17) is 9.47 Å². The van der Waals surface area contributed by atoms with Gasteiger partial charge in [-0.15, -0.1) is 0 Å². The van der Waals surface area contributed by atoms with Crippen LogP contribution in [-0.4, -0.2) is 59.2 Å². The molecule has 3 aromatic rings. The minimum absolute atomic E-state index is 0.0395. The van der Waals surface area contributed by atoms with Gasteiger partial charge in [-0.1, -0.05) is 6.07 Å². The minimum Gasteiger partial charge on any atom is -0.497 e. The van der Waals surface area contributed by atoms with Crippen molar-refractivity contribution in [1.29, 1.82) is 0 Å². The fraction of sp³-hybridized carbons (Fsp3) is 0.423. The molecule has 2 aliphatic rings. The Labute approximate surface area is 203 Å². The molecule has 5 rings (SSSR count). The summed E-state index contributed by atoms with van der Waals surface area (Å²) in [6.45, 7) is 5.95. The third kappa shape index (κ3) is 4.20. The molecule has 0 spiro atoms. The fourth-order valence-corrected chi connectivity index (χ4v) is 5.43. The van der Waals surface area contributed by atoms with Crippen LogP contribution in [0.1, 0.15) is 42.4 Å². The van der Waals surface area contributed by atoms with E-state index in [0.29, 0.717) is 41.3 Å². The van der Waals surface area contributed by atoms with E-state index >= 15 is 0 Å². The van der Waals surface area contributed by atoms with Crippen LogP contribution in [0.4, 0.5) is 5.69 Å². The molecule has 1 saturated heterocycles. The van der Waals surface area contributed by atoms with Gasteiger partial charge in [0.1, 0.15) is 11.4 Å². The van der Waals surface area contributed by atoms with E-state index in [9.17, 15) is 14.4 Å². The number of ether oxygens (including phenoxy) is 2. The number of fused-ring (bicyclic) bond motifs is 5. The lowest BCUT2D eigenvalue weighted by atomic mass is 9.82. The highest BCUT2D eigenvalue weighted by Crippen LogP contribution is 2.36. The van der Waals surface area contributed by atoms with Gasteiger partial charge in [0.2, 0.25) is 5.91 Å². The van der Waals surface area contributed by atoms with Gasteiger partial charge in [0.25, 0.3) is 5.56 Å². The smallest absolute Gasteiger partial charge is 0.356 e. The zero-order valence-electron chi connectivity index (χ0n) is 20.2. The number of nitrogens with one attached hydrogen (secondary N) is 2. The van der Waals surface area contributed by atoms with Crippen LogP contribution < -0.4 is 15.6 Å². The zero-order valence-corrected chi connectivity index (χ0v) is 20.2. The predicted molar refractivity (Wildman–Crippen MR) is 132 cm³/mol. The molecule has 9 heteroatoms. The molecule has 2 N–H and O–H groups in total. The van der Waals surface area contributed by atoms with Crippen molar-refractivity contribution in [2.24, 2.45) is 5.92 Å². The first-order valence-electron chi connectivity index (χ1n) is 12.0. The van der Waals surface area contributed by atoms with Gasteiger partial charge in [-0.3, -0.25) is 14.5 Å². The number of aromatic nitrogens is 2. The average Bonchev–Trinajstić information content (AvgIpc) is 3.21. The number of benzene rings is 1. The fourth-order valence-electron chi connectivity index (χ4n) is 5.43. The van der Waals surface area contributed by atoms with E-state index in [1.807, 2.05) is 23.6 Å². The van der Waals surface area contributed by atoms with Gasteiger partial charge in [-0.05, 0) is 50.5 Å². The van der Waals surface area contributed by atoms with Crippen molar-refractivity contribution in [2.45, 2.75) is 38.8 Å². The molecule has 1 fully saturated rings. The molecule has 0 radical (unpaired) electrons. The van der Waals surface area contributed by atoms with Crippen LogP contribution in [0, 0.1) is 5.92 Å². The molecule has 3 atom stereocenters. The number of piperidine rings is 1. The number of aromatic amines is 1. The topological polar surface area (TPSA) is 106 Å². The monoisotopic (exact) mass is 478 g/mol. The lowest BCUT2D eigenvalue weighted by Gasteiger charge is -2.44. The summed E-state index contributed by atoms with van der Waals surface area (Å²) in [4.78, 5) is 43.7. The van der Waals surface area contributed by atoms with Crippen LogP contribution in [-0.2, 0) is 16.1 Å². The van der Waals surface area contributed by atoms with Crippen molar-refractivity contribution in [1.82, 2.24) is 14.5 Å². The highest BCUT2D eigenvalue weighted by Gasteiger charge is 2.37. The van der Waals surface area contributed by atoms with Crippen molar-refractivity contribution < 1.29 is 19.1 Å². The Kier molecular flexibility index (Phi) is 6.10. The number of hydrogen-bond acceptors (Lipinski definition) is 6. The van der Waals surface area contributed by atoms with Crippen molar-refractivity contribution in [3.8, 4) is 5.75 Å². The van der Waals surface area contributed by atoms with Gasteiger partial charge in [-0.25, -0.2) is 4.79 Å². The third-order valence-corrected chi connectivity index (χ3v) is 7.17. The maximum atomic E-state index is 13.5. The van der Waals surface area contributed by atoms with Gasteiger partial charge in [0.15, 0.2) is 0 Å². The normalized spacial score (nSPS) is 20.2. The Bertz CT molecular complexity index is 1340. The quantitative estimate of drug-likeness (QED) is 0.528. The Balaban J connectivity index is 1.41. The van der Waals surface area contributed by atoms with E-state index in [0.717, 1.165) is 18.7 Å². The number of H-pyrrole nitrogens is 1. The summed E-state index contributed by atoms with van der Waals surface area (Å²) in [7, 11) is 1.57. The van der Waals surface area contributed by atoms with Crippen molar-refractivity contribution in [3.05, 3.63) is 58.1 Å². The lowest BCUT2D eigenvalue weighted by molar-refractivity contribution is -0.121. The summed E-state index contributed by atoms with van der Waals surface area (Å²) >= 11 is 0. The SMILES string of the molecule is CCOC(=O)c1[nH]c2ccc(OC)cc2c1NC(=O)[C@H](C)N1C[C@@H]2C[C@H](C1)c1cccc(=O)n1C2. The molecular formula is C26H30N4O5. The molecule has 2 aromatic heterocycles. The number of esters is 1. The third-order valence-electron chi connectivity index (χ3n) is 7.17. The second-order valence-electron chi connectivity index (χ2n) is 9.32. The molecule has 184 valence electrons. The molecule has 4 heterocycles. The number of amides is 1. The molecule has 0 aliphatic carbocycles. The molecular weight excluding hydrogens is 448 g/mol.